The molecule has 0 bridgehead atoms. The molecule has 122 valence electrons. The van der Waals surface area contributed by atoms with Crippen LogP contribution in [0.25, 0.3) is 0 Å². The number of nitrogens with one attached hydrogen (secondary N) is 2. The summed E-state index contributed by atoms with van der Waals surface area (Å²) in [5, 5.41) is 15.8. The maximum atomic E-state index is 12.1. The van der Waals surface area contributed by atoms with E-state index in [1.165, 1.54) is 12.5 Å². The van der Waals surface area contributed by atoms with Gasteiger partial charge in [-0.15, -0.1) is 0 Å². The van der Waals surface area contributed by atoms with Gasteiger partial charge in [0, 0.05) is 17.9 Å². The first-order valence-electron chi connectivity index (χ1n) is 7.99. The molecule has 2 rings (SSSR count). The summed E-state index contributed by atoms with van der Waals surface area (Å²) in [4.78, 5) is 12.1. The number of phenols is 1. The lowest BCUT2D eigenvalue weighted by atomic mass is 10.1. The second-order valence-corrected chi connectivity index (χ2v) is 6.01. The highest BCUT2D eigenvalue weighted by Gasteiger charge is 2.10. The average molecular weight is 312 g/mol. The zero-order chi connectivity index (χ0) is 16.7. The third kappa shape index (κ3) is 5.33. The lowest BCUT2D eigenvalue weighted by Gasteiger charge is -2.10. The number of phenolic OH excluding ortho intramolecular Hbond substituents is 1. The fraction of sp³-hybridized carbons (Fsp3) is 0.316. The number of para-hydroxylation sites is 1. The van der Waals surface area contributed by atoms with Crippen molar-refractivity contribution in [2.24, 2.45) is 5.92 Å². The average Bonchev–Trinajstić information content (AvgIpc) is 2.53. The number of hydrogen-bond acceptors (Lipinski definition) is 3. The van der Waals surface area contributed by atoms with E-state index in [4.69, 9.17) is 0 Å². The summed E-state index contributed by atoms with van der Waals surface area (Å²) in [5.41, 5.74) is 2.00. The molecule has 0 aliphatic heterocycles. The molecule has 0 radical (unpaired) electrons. The van der Waals surface area contributed by atoms with Crippen molar-refractivity contribution in [2.75, 3.05) is 17.2 Å². The van der Waals surface area contributed by atoms with Crippen molar-refractivity contribution in [1.29, 1.82) is 0 Å². The van der Waals surface area contributed by atoms with Crippen LogP contribution in [0.4, 0.5) is 11.4 Å². The molecule has 0 aliphatic rings. The van der Waals surface area contributed by atoms with Crippen molar-refractivity contribution in [2.45, 2.75) is 26.7 Å². The van der Waals surface area contributed by atoms with Gasteiger partial charge in [-0.1, -0.05) is 26.0 Å². The highest BCUT2D eigenvalue weighted by Crippen LogP contribution is 2.19. The lowest BCUT2D eigenvalue weighted by molar-refractivity contribution is 0.102. The number of anilines is 2. The molecule has 0 aromatic heterocycles. The first-order valence-corrected chi connectivity index (χ1v) is 7.99. The van der Waals surface area contributed by atoms with Crippen LogP contribution in [0.2, 0.25) is 0 Å². The van der Waals surface area contributed by atoms with E-state index < -0.39 is 0 Å². The number of amides is 1. The van der Waals surface area contributed by atoms with Crippen LogP contribution in [0.3, 0.4) is 0 Å². The standard InChI is InChI=1S/C19H24N2O2/c1-14(2)6-5-13-20-15-9-11-16(12-10-15)21-19(23)17-7-3-4-8-18(17)22/h3-4,7-12,14,20,22H,5-6,13H2,1-2H3,(H,21,23). The van der Waals surface area contributed by atoms with Crippen molar-refractivity contribution < 1.29 is 9.90 Å². The van der Waals surface area contributed by atoms with Crippen LogP contribution >= 0.6 is 0 Å². The zero-order valence-corrected chi connectivity index (χ0v) is 13.7. The highest BCUT2D eigenvalue weighted by atomic mass is 16.3. The Hall–Kier alpha value is -2.49. The minimum absolute atomic E-state index is 0.0200. The monoisotopic (exact) mass is 312 g/mol. The SMILES string of the molecule is CC(C)CCCNc1ccc(NC(=O)c2ccccc2O)cc1. The molecule has 2 aromatic carbocycles. The van der Waals surface area contributed by atoms with Gasteiger partial charge in [0.2, 0.25) is 0 Å². The van der Waals surface area contributed by atoms with Crippen LogP contribution < -0.4 is 10.6 Å². The maximum absolute atomic E-state index is 12.1. The molecular weight excluding hydrogens is 288 g/mol. The zero-order valence-electron chi connectivity index (χ0n) is 13.7. The van der Waals surface area contributed by atoms with E-state index in [1.807, 2.05) is 24.3 Å². The van der Waals surface area contributed by atoms with Crippen molar-refractivity contribution in [3.63, 3.8) is 0 Å². The number of carbonyl (C=O) groups excluding carboxylic acids is 1. The Labute approximate surface area is 137 Å². The first-order chi connectivity index (χ1) is 11.1. The Bertz CT molecular complexity index is 636. The third-order valence-corrected chi connectivity index (χ3v) is 3.58. The molecule has 4 heteroatoms. The topological polar surface area (TPSA) is 61.4 Å². The molecule has 0 spiro atoms. The van der Waals surface area contributed by atoms with E-state index in [2.05, 4.69) is 24.5 Å². The lowest BCUT2D eigenvalue weighted by Crippen LogP contribution is -2.12. The maximum Gasteiger partial charge on any atom is 0.259 e. The van der Waals surface area contributed by atoms with Crippen molar-refractivity contribution in [3.05, 3.63) is 54.1 Å². The van der Waals surface area contributed by atoms with Gasteiger partial charge in [0.05, 0.1) is 5.56 Å². The Balaban J connectivity index is 1.87. The van der Waals surface area contributed by atoms with Crippen LogP contribution in [0.1, 0.15) is 37.0 Å². The predicted molar refractivity (Wildman–Crippen MR) is 95.1 cm³/mol. The van der Waals surface area contributed by atoms with Crippen molar-refractivity contribution in [3.8, 4) is 5.75 Å². The minimum atomic E-state index is -0.319. The molecule has 2 aromatic rings. The van der Waals surface area contributed by atoms with E-state index in [0.717, 1.165) is 24.6 Å². The molecule has 23 heavy (non-hydrogen) atoms. The number of rotatable bonds is 7. The smallest absolute Gasteiger partial charge is 0.259 e. The van der Waals surface area contributed by atoms with E-state index in [1.54, 1.807) is 18.2 Å². The second-order valence-electron chi connectivity index (χ2n) is 6.01. The van der Waals surface area contributed by atoms with Gasteiger partial charge in [-0.25, -0.2) is 0 Å². The summed E-state index contributed by atoms with van der Waals surface area (Å²) in [5.74, 6) is 0.387. The normalized spacial score (nSPS) is 10.6. The Morgan fingerprint density at radius 3 is 2.35 bits per heavy atom. The van der Waals surface area contributed by atoms with Gasteiger partial charge in [-0.3, -0.25) is 4.79 Å². The van der Waals surface area contributed by atoms with Crippen LogP contribution in [0, 0.1) is 5.92 Å². The molecule has 0 saturated heterocycles. The van der Waals surface area contributed by atoms with Gasteiger partial charge in [0.25, 0.3) is 5.91 Å². The van der Waals surface area contributed by atoms with E-state index >= 15 is 0 Å². The summed E-state index contributed by atoms with van der Waals surface area (Å²) in [6.45, 7) is 5.39. The van der Waals surface area contributed by atoms with Crippen LogP contribution in [-0.2, 0) is 0 Å². The van der Waals surface area contributed by atoms with Crippen LogP contribution in [0.15, 0.2) is 48.5 Å². The predicted octanol–water partition coefficient (Wildman–Crippen LogP) is 4.49. The summed E-state index contributed by atoms with van der Waals surface area (Å²) in [6, 6.07) is 14.1. The molecule has 0 aliphatic carbocycles. The summed E-state index contributed by atoms with van der Waals surface area (Å²) in [6.07, 6.45) is 2.35. The first kappa shape index (κ1) is 16.9. The quantitative estimate of drug-likeness (QED) is 0.660. The number of aromatic hydroxyl groups is 1. The fourth-order valence-electron chi connectivity index (χ4n) is 2.28. The van der Waals surface area contributed by atoms with Gasteiger partial charge in [-0.05, 0) is 55.2 Å². The summed E-state index contributed by atoms with van der Waals surface area (Å²) < 4.78 is 0. The number of carbonyl (C=O) groups is 1. The molecule has 0 heterocycles. The molecule has 0 atom stereocenters. The number of hydrogen-bond donors (Lipinski definition) is 3. The van der Waals surface area contributed by atoms with Gasteiger partial charge in [-0.2, -0.15) is 0 Å². The Morgan fingerprint density at radius 1 is 1.04 bits per heavy atom. The summed E-state index contributed by atoms with van der Waals surface area (Å²) in [7, 11) is 0. The third-order valence-electron chi connectivity index (χ3n) is 3.58. The molecule has 0 fully saturated rings. The van der Waals surface area contributed by atoms with Crippen molar-refractivity contribution >= 4 is 17.3 Å². The summed E-state index contributed by atoms with van der Waals surface area (Å²) >= 11 is 0. The number of benzene rings is 2. The van der Waals surface area contributed by atoms with E-state index in [0.29, 0.717) is 5.69 Å². The molecule has 3 N–H and O–H groups in total. The van der Waals surface area contributed by atoms with E-state index in [-0.39, 0.29) is 17.2 Å². The van der Waals surface area contributed by atoms with E-state index in [9.17, 15) is 9.90 Å². The van der Waals surface area contributed by atoms with Gasteiger partial charge >= 0.3 is 0 Å². The van der Waals surface area contributed by atoms with Crippen LogP contribution in [0.5, 0.6) is 5.75 Å². The molecule has 0 saturated carbocycles. The Kier molecular flexibility index (Phi) is 6.03. The fourth-order valence-corrected chi connectivity index (χ4v) is 2.28. The highest BCUT2D eigenvalue weighted by molar-refractivity contribution is 6.06. The second kappa shape index (κ2) is 8.22. The van der Waals surface area contributed by atoms with Gasteiger partial charge in [0.1, 0.15) is 5.75 Å². The van der Waals surface area contributed by atoms with Gasteiger partial charge in [0.15, 0.2) is 0 Å². The Morgan fingerprint density at radius 2 is 1.70 bits per heavy atom. The minimum Gasteiger partial charge on any atom is -0.507 e. The van der Waals surface area contributed by atoms with Crippen molar-refractivity contribution in [1.82, 2.24) is 0 Å². The molecule has 1 amide bonds. The van der Waals surface area contributed by atoms with Crippen LogP contribution in [-0.4, -0.2) is 17.6 Å². The largest absolute Gasteiger partial charge is 0.507 e. The molecule has 0 unspecified atom stereocenters. The molecule has 4 nitrogen and oxygen atoms in total. The molecular formula is C19H24N2O2. The van der Waals surface area contributed by atoms with Gasteiger partial charge < -0.3 is 15.7 Å².